The molecule has 0 saturated heterocycles. The Kier molecular flexibility index (Phi) is 7.08. The van der Waals surface area contributed by atoms with Crippen molar-refractivity contribution in [2.24, 2.45) is 0 Å². The summed E-state index contributed by atoms with van der Waals surface area (Å²) in [5.41, 5.74) is 0.199. The summed E-state index contributed by atoms with van der Waals surface area (Å²) in [5, 5.41) is 0. The predicted molar refractivity (Wildman–Crippen MR) is 35.9 cm³/mol. The summed E-state index contributed by atoms with van der Waals surface area (Å²) in [5.74, 6) is 0. The molecule has 2 heteroatoms. The van der Waals surface area contributed by atoms with Crippen LogP contribution in [0.15, 0.2) is 0 Å². The molecular weight excluding hydrogens is 191 g/mol. The van der Waals surface area contributed by atoms with E-state index in [-0.39, 0.29) is 5.43 Å². The summed E-state index contributed by atoms with van der Waals surface area (Å²) in [6.07, 6.45) is 2.83. The molecule has 0 aromatic rings. The quantitative estimate of drug-likeness (QED) is 0.618. The standard InChI is InChI=1S/C6H14Si.Zr/c1-3-5-7-6-4-2;/h3-6H2,1-2H3;/q;+2. The average Bonchev–Trinajstić information content (AvgIpc) is 1.68. The first-order chi connectivity index (χ1) is 3.81. The predicted octanol–water partition coefficient (Wildman–Crippen LogP) is 2.34. The molecular formula is C6H14SiZr+2. The van der Waals surface area contributed by atoms with Crippen LogP contribution in [0.2, 0.25) is 12.1 Å². The second-order valence-corrected chi connectivity index (χ2v) is 9.52. The molecule has 44 valence electrons. The van der Waals surface area contributed by atoms with Crippen molar-refractivity contribution in [3.05, 3.63) is 0 Å². The first-order valence-electron chi connectivity index (χ1n) is 3.37. The Bertz CT molecular complexity index is 62.9. The van der Waals surface area contributed by atoms with Crippen molar-refractivity contribution in [2.45, 2.75) is 38.8 Å². The number of hydrogen-bond donors (Lipinski definition) is 0. The van der Waals surface area contributed by atoms with Gasteiger partial charge in [0.15, 0.2) is 0 Å². The molecule has 0 rings (SSSR count). The topological polar surface area (TPSA) is 0 Å². The Morgan fingerprint density at radius 3 is 1.75 bits per heavy atom. The molecule has 0 bridgehead atoms. The van der Waals surface area contributed by atoms with Gasteiger partial charge in [-0.05, 0) is 0 Å². The molecule has 0 aromatic heterocycles. The van der Waals surface area contributed by atoms with Crippen LogP contribution in [0.4, 0.5) is 0 Å². The Labute approximate surface area is 67.4 Å². The minimum atomic E-state index is 0.199. The van der Waals surface area contributed by atoms with Crippen molar-refractivity contribution < 1.29 is 23.3 Å². The van der Waals surface area contributed by atoms with Gasteiger partial charge in [0.2, 0.25) is 0 Å². The summed E-state index contributed by atoms with van der Waals surface area (Å²) >= 11 is 1.84. The van der Waals surface area contributed by atoms with Crippen LogP contribution in [0.5, 0.6) is 0 Å². The second kappa shape index (κ2) is 6.22. The van der Waals surface area contributed by atoms with E-state index in [4.69, 9.17) is 0 Å². The molecule has 0 unspecified atom stereocenters. The van der Waals surface area contributed by atoms with Crippen molar-refractivity contribution >= 4 is 5.43 Å². The van der Waals surface area contributed by atoms with Crippen molar-refractivity contribution in [2.75, 3.05) is 0 Å². The van der Waals surface area contributed by atoms with Gasteiger partial charge >= 0.3 is 67.5 Å². The van der Waals surface area contributed by atoms with E-state index in [1.54, 1.807) is 12.1 Å². The van der Waals surface area contributed by atoms with E-state index in [2.05, 4.69) is 13.8 Å². The third-order valence-electron chi connectivity index (χ3n) is 1.10. The molecule has 0 spiro atoms. The van der Waals surface area contributed by atoms with Crippen LogP contribution in [-0.2, 0) is 23.3 Å². The fourth-order valence-electron chi connectivity index (χ4n) is 0.729. The minimum absolute atomic E-state index is 0.199. The molecule has 0 fully saturated rings. The second-order valence-electron chi connectivity index (χ2n) is 2.10. The van der Waals surface area contributed by atoms with Crippen LogP contribution in [0, 0.1) is 0 Å². The third kappa shape index (κ3) is 5.24. The summed E-state index contributed by atoms with van der Waals surface area (Å²) in [6, 6.07) is 3.10. The molecule has 0 aliphatic rings. The molecule has 0 N–H and O–H groups in total. The van der Waals surface area contributed by atoms with Crippen LogP contribution in [0.25, 0.3) is 0 Å². The summed E-state index contributed by atoms with van der Waals surface area (Å²) in [6.45, 7) is 4.59. The summed E-state index contributed by atoms with van der Waals surface area (Å²) in [4.78, 5) is 0. The van der Waals surface area contributed by atoms with E-state index in [1.165, 1.54) is 12.8 Å². The van der Waals surface area contributed by atoms with Crippen molar-refractivity contribution in [1.29, 1.82) is 0 Å². The molecule has 0 amide bonds. The molecule has 0 aromatic carbocycles. The Morgan fingerprint density at radius 2 is 1.50 bits per heavy atom. The zero-order chi connectivity index (χ0) is 6.41. The fraction of sp³-hybridized carbons (Fsp3) is 1.00. The van der Waals surface area contributed by atoms with Gasteiger partial charge in [-0.15, -0.1) is 0 Å². The Balaban J connectivity index is 3.06. The van der Waals surface area contributed by atoms with Crippen LogP contribution in [-0.4, -0.2) is 5.43 Å². The van der Waals surface area contributed by atoms with E-state index in [0.717, 1.165) is 0 Å². The van der Waals surface area contributed by atoms with Gasteiger partial charge in [0.1, 0.15) is 0 Å². The number of rotatable bonds is 4. The van der Waals surface area contributed by atoms with Crippen LogP contribution >= 0.6 is 0 Å². The van der Waals surface area contributed by atoms with E-state index >= 15 is 0 Å². The summed E-state index contributed by atoms with van der Waals surface area (Å²) in [7, 11) is 0. The zero-order valence-corrected chi connectivity index (χ0v) is 9.29. The SMILES string of the molecule is CCC[Si](=[Zr+2])CCC. The molecule has 0 saturated carbocycles. The summed E-state index contributed by atoms with van der Waals surface area (Å²) < 4.78 is 0. The van der Waals surface area contributed by atoms with E-state index in [0.29, 0.717) is 0 Å². The van der Waals surface area contributed by atoms with Crippen LogP contribution in [0.1, 0.15) is 26.7 Å². The molecule has 0 atom stereocenters. The first-order valence-corrected chi connectivity index (χ1v) is 8.97. The van der Waals surface area contributed by atoms with Gasteiger partial charge in [0.25, 0.3) is 0 Å². The van der Waals surface area contributed by atoms with E-state index < -0.39 is 0 Å². The van der Waals surface area contributed by atoms with Crippen molar-refractivity contribution in [3.8, 4) is 0 Å². The molecule has 0 heterocycles. The maximum absolute atomic E-state index is 2.30. The molecule has 0 nitrogen and oxygen atoms in total. The van der Waals surface area contributed by atoms with Crippen LogP contribution in [0.3, 0.4) is 0 Å². The normalized spacial score (nSPS) is 9.50. The third-order valence-corrected chi connectivity index (χ3v) is 7.00. The van der Waals surface area contributed by atoms with E-state index in [9.17, 15) is 0 Å². The van der Waals surface area contributed by atoms with Crippen molar-refractivity contribution in [1.82, 2.24) is 0 Å². The first kappa shape index (κ1) is 9.10. The Morgan fingerprint density at radius 1 is 1.12 bits per heavy atom. The zero-order valence-electron chi connectivity index (χ0n) is 5.83. The Hall–Kier alpha value is 1.10. The van der Waals surface area contributed by atoms with Crippen LogP contribution < -0.4 is 0 Å². The maximum atomic E-state index is 2.30. The fourth-order valence-corrected chi connectivity index (χ4v) is 5.87. The number of hydrogen-bond acceptors (Lipinski definition) is 0. The van der Waals surface area contributed by atoms with Gasteiger partial charge < -0.3 is 0 Å². The van der Waals surface area contributed by atoms with Gasteiger partial charge in [-0.25, -0.2) is 0 Å². The van der Waals surface area contributed by atoms with Gasteiger partial charge in [0.05, 0.1) is 0 Å². The van der Waals surface area contributed by atoms with E-state index in [1.807, 2.05) is 23.3 Å². The van der Waals surface area contributed by atoms with Gasteiger partial charge in [-0.2, -0.15) is 0 Å². The molecule has 0 aliphatic carbocycles. The van der Waals surface area contributed by atoms with Gasteiger partial charge in [-0.1, -0.05) is 0 Å². The molecule has 8 heavy (non-hydrogen) atoms. The monoisotopic (exact) mass is 204 g/mol. The van der Waals surface area contributed by atoms with Gasteiger partial charge in [0, 0.05) is 0 Å². The van der Waals surface area contributed by atoms with Crippen molar-refractivity contribution in [3.63, 3.8) is 0 Å². The van der Waals surface area contributed by atoms with Gasteiger partial charge in [-0.3, -0.25) is 0 Å². The molecule has 0 radical (unpaired) electrons. The average molecular weight is 205 g/mol. The molecule has 0 aliphatic heterocycles.